The number of H-pyrrole nitrogens is 1. The van der Waals surface area contributed by atoms with Crippen LogP contribution in [0.2, 0.25) is 0 Å². The molecule has 2 aromatic rings. The molecule has 6 nitrogen and oxygen atoms in total. The monoisotopic (exact) mass is 314 g/mol. The topological polar surface area (TPSA) is 90.5 Å². The third kappa shape index (κ3) is 3.09. The molecular formula is C12H14N2O4S2. The number of carbonyl (C=O) groups is 1. The van der Waals surface area contributed by atoms with Crippen LogP contribution in [0.1, 0.15) is 15.4 Å². The summed E-state index contributed by atoms with van der Waals surface area (Å²) in [4.78, 5) is 14.3. The number of carboxylic acid groups (broad SMARTS) is 1. The summed E-state index contributed by atoms with van der Waals surface area (Å²) >= 11 is 1.57. The molecule has 2 heterocycles. The maximum Gasteiger partial charge on any atom is 0.352 e. The van der Waals surface area contributed by atoms with Gasteiger partial charge in [0.05, 0.1) is 0 Å². The van der Waals surface area contributed by atoms with E-state index in [9.17, 15) is 13.2 Å². The quantitative estimate of drug-likeness (QED) is 0.848. The molecule has 0 amide bonds. The molecule has 0 saturated carbocycles. The standard InChI is InChI=1S/C12H14N2O4S2/c1-14(5-4-9-3-2-6-19-9)20(17,18)10-7-11(12(15)16)13-8-10/h2-3,6-8,13H,4-5H2,1H3,(H,15,16). The molecule has 2 aromatic heterocycles. The molecule has 0 bridgehead atoms. The average Bonchev–Trinajstić information content (AvgIpc) is 3.06. The third-order valence-corrected chi connectivity index (χ3v) is 5.62. The van der Waals surface area contributed by atoms with Gasteiger partial charge in [-0.15, -0.1) is 11.3 Å². The van der Waals surface area contributed by atoms with Crippen LogP contribution in [-0.4, -0.2) is 42.4 Å². The van der Waals surface area contributed by atoms with Crippen molar-refractivity contribution in [3.63, 3.8) is 0 Å². The normalized spacial score (nSPS) is 11.9. The SMILES string of the molecule is CN(CCc1cccs1)S(=O)(=O)c1c[nH]c(C(=O)O)c1. The number of aromatic carboxylic acids is 1. The summed E-state index contributed by atoms with van der Waals surface area (Å²) in [6.45, 7) is 0.344. The van der Waals surface area contributed by atoms with E-state index in [0.717, 1.165) is 10.9 Å². The van der Waals surface area contributed by atoms with Crippen LogP contribution >= 0.6 is 11.3 Å². The van der Waals surface area contributed by atoms with E-state index >= 15 is 0 Å². The van der Waals surface area contributed by atoms with Gasteiger partial charge in [0.15, 0.2) is 0 Å². The summed E-state index contributed by atoms with van der Waals surface area (Å²) < 4.78 is 25.7. The molecule has 2 N–H and O–H groups in total. The van der Waals surface area contributed by atoms with Crippen molar-refractivity contribution < 1.29 is 18.3 Å². The molecule has 0 saturated heterocycles. The predicted octanol–water partition coefficient (Wildman–Crippen LogP) is 1.64. The molecule has 0 unspecified atom stereocenters. The van der Waals surface area contributed by atoms with Crippen molar-refractivity contribution in [2.75, 3.05) is 13.6 Å². The average molecular weight is 314 g/mol. The Balaban J connectivity index is 2.10. The first-order chi connectivity index (χ1) is 9.41. The van der Waals surface area contributed by atoms with E-state index in [0.29, 0.717) is 13.0 Å². The number of thiophene rings is 1. The van der Waals surface area contributed by atoms with Crippen LogP contribution in [0.4, 0.5) is 0 Å². The van der Waals surface area contributed by atoms with Crippen LogP contribution in [0, 0.1) is 0 Å². The zero-order valence-electron chi connectivity index (χ0n) is 10.7. The molecule has 0 atom stereocenters. The predicted molar refractivity (Wildman–Crippen MR) is 75.6 cm³/mol. The van der Waals surface area contributed by atoms with Crippen molar-refractivity contribution in [3.8, 4) is 0 Å². The molecule has 0 radical (unpaired) electrons. The van der Waals surface area contributed by atoms with Gasteiger partial charge in [-0.25, -0.2) is 17.5 Å². The number of aromatic amines is 1. The molecule has 108 valence electrons. The number of hydrogen-bond donors (Lipinski definition) is 2. The fraction of sp³-hybridized carbons (Fsp3) is 0.250. The van der Waals surface area contributed by atoms with Gasteiger partial charge in [0.1, 0.15) is 10.6 Å². The Morgan fingerprint density at radius 3 is 2.80 bits per heavy atom. The molecule has 0 fully saturated rings. The second kappa shape index (κ2) is 5.78. The van der Waals surface area contributed by atoms with Crippen molar-refractivity contribution in [2.24, 2.45) is 0 Å². The van der Waals surface area contributed by atoms with Crippen LogP contribution in [0.5, 0.6) is 0 Å². The van der Waals surface area contributed by atoms with Gasteiger partial charge >= 0.3 is 5.97 Å². The fourth-order valence-corrected chi connectivity index (χ4v) is 3.53. The van der Waals surface area contributed by atoms with E-state index in [1.54, 1.807) is 11.3 Å². The third-order valence-electron chi connectivity index (χ3n) is 2.85. The molecule has 8 heteroatoms. The van der Waals surface area contributed by atoms with E-state index < -0.39 is 16.0 Å². The van der Waals surface area contributed by atoms with Crippen molar-refractivity contribution >= 4 is 27.3 Å². The Kier molecular flexibility index (Phi) is 4.26. The number of sulfonamides is 1. The summed E-state index contributed by atoms with van der Waals surface area (Å²) in [7, 11) is -2.18. The Hall–Kier alpha value is -1.64. The lowest BCUT2D eigenvalue weighted by molar-refractivity contribution is 0.0691. The smallest absolute Gasteiger partial charge is 0.352 e. The highest BCUT2D eigenvalue weighted by atomic mass is 32.2. The summed E-state index contributed by atoms with van der Waals surface area (Å²) in [5.74, 6) is -1.19. The molecule has 0 aliphatic rings. The van der Waals surface area contributed by atoms with Crippen LogP contribution in [0.3, 0.4) is 0 Å². The second-order valence-electron chi connectivity index (χ2n) is 4.21. The minimum Gasteiger partial charge on any atom is -0.477 e. The minimum atomic E-state index is -3.66. The first kappa shape index (κ1) is 14.8. The highest BCUT2D eigenvalue weighted by Crippen LogP contribution is 2.17. The minimum absolute atomic E-state index is 0.0384. The van der Waals surface area contributed by atoms with E-state index in [4.69, 9.17) is 5.11 Å². The Labute approximate surface area is 120 Å². The summed E-state index contributed by atoms with van der Waals surface area (Å²) in [6, 6.07) is 4.99. The first-order valence-corrected chi connectivity index (χ1v) is 8.13. The number of rotatable bonds is 6. The molecule has 0 aliphatic carbocycles. The van der Waals surface area contributed by atoms with Crippen molar-refractivity contribution in [1.82, 2.24) is 9.29 Å². The van der Waals surface area contributed by atoms with Gasteiger partial charge < -0.3 is 10.1 Å². The maximum absolute atomic E-state index is 12.2. The Bertz CT molecular complexity index is 689. The summed E-state index contributed by atoms with van der Waals surface area (Å²) in [5, 5.41) is 10.7. The Morgan fingerprint density at radius 2 is 2.25 bits per heavy atom. The van der Waals surface area contributed by atoms with Gasteiger partial charge in [-0.3, -0.25) is 0 Å². The van der Waals surface area contributed by atoms with Gasteiger partial charge in [-0.05, 0) is 23.9 Å². The van der Waals surface area contributed by atoms with E-state index in [1.165, 1.54) is 17.5 Å². The Morgan fingerprint density at radius 1 is 1.50 bits per heavy atom. The first-order valence-electron chi connectivity index (χ1n) is 5.81. The summed E-state index contributed by atoms with van der Waals surface area (Å²) in [5.41, 5.74) is -0.143. The zero-order valence-corrected chi connectivity index (χ0v) is 12.4. The van der Waals surface area contributed by atoms with Crippen LogP contribution in [0.25, 0.3) is 0 Å². The number of carboxylic acids is 1. The van der Waals surface area contributed by atoms with Gasteiger partial charge in [0, 0.05) is 24.7 Å². The zero-order chi connectivity index (χ0) is 14.8. The van der Waals surface area contributed by atoms with Crippen LogP contribution in [0.15, 0.2) is 34.7 Å². The molecule has 0 aromatic carbocycles. The summed E-state index contributed by atoms with van der Waals surface area (Å²) in [6.07, 6.45) is 1.82. The largest absolute Gasteiger partial charge is 0.477 e. The number of nitrogens with zero attached hydrogens (tertiary/aromatic N) is 1. The second-order valence-corrected chi connectivity index (χ2v) is 7.29. The maximum atomic E-state index is 12.2. The van der Waals surface area contributed by atoms with E-state index in [2.05, 4.69) is 4.98 Å². The van der Waals surface area contributed by atoms with E-state index in [-0.39, 0.29) is 10.6 Å². The van der Waals surface area contributed by atoms with Crippen LogP contribution < -0.4 is 0 Å². The molecule has 2 rings (SSSR count). The lowest BCUT2D eigenvalue weighted by Crippen LogP contribution is -2.28. The lowest BCUT2D eigenvalue weighted by atomic mass is 10.3. The number of hydrogen-bond acceptors (Lipinski definition) is 4. The van der Waals surface area contributed by atoms with Crippen LogP contribution in [-0.2, 0) is 16.4 Å². The molecular weight excluding hydrogens is 300 g/mol. The molecule has 20 heavy (non-hydrogen) atoms. The lowest BCUT2D eigenvalue weighted by Gasteiger charge is -2.15. The van der Waals surface area contributed by atoms with Gasteiger partial charge in [0.2, 0.25) is 10.0 Å². The fourth-order valence-electron chi connectivity index (χ4n) is 1.67. The number of nitrogens with one attached hydrogen (secondary N) is 1. The van der Waals surface area contributed by atoms with Crippen molar-refractivity contribution in [2.45, 2.75) is 11.3 Å². The van der Waals surface area contributed by atoms with Gasteiger partial charge in [-0.2, -0.15) is 0 Å². The van der Waals surface area contributed by atoms with E-state index in [1.807, 2.05) is 17.5 Å². The van der Waals surface area contributed by atoms with Gasteiger partial charge in [0.25, 0.3) is 0 Å². The highest BCUT2D eigenvalue weighted by molar-refractivity contribution is 7.89. The number of likely N-dealkylation sites (N-methyl/N-ethyl adjacent to an activating group) is 1. The van der Waals surface area contributed by atoms with Gasteiger partial charge in [-0.1, -0.05) is 6.07 Å². The molecule has 0 spiro atoms. The highest BCUT2D eigenvalue weighted by Gasteiger charge is 2.23. The number of aromatic nitrogens is 1. The van der Waals surface area contributed by atoms with Crippen molar-refractivity contribution in [3.05, 3.63) is 40.3 Å². The molecule has 0 aliphatic heterocycles. The van der Waals surface area contributed by atoms with Crippen molar-refractivity contribution in [1.29, 1.82) is 0 Å².